The van der Waals surface area contributed by atoms with Crippen molar-refractivity contribution in [2.45, 2.75) is 31.1 Å². The van der Waals surface area contributed by atoms with Crippen LogP contribution in [0.2, 0.25) is 0 Å². The molecule has 2 N–H and O–H groups in total. The molecule has 20 heavy (non-hydrogen) atoms. The summed E-state index contributed by atoms with van der Waals surface area (Å²) < 4.78 is 27.0. The van der Waals surface area contributed by atoms with Gasteiger partial charge in [-0.15, -0.1) is 0 Å². The number of rotatable bonds is 8. The third-order valence-corrected chi connectivity index (χ3v) is 4.15. The first-order chi connectivity index (χ1) is 9.13. The molecular weight excluding hydrogens is 288 g/mol. The van der Waals surface area contributed by atoms with Crippen LogP contribution in [-0.4, -0.2) is 56.9 Å². The third kappa shape index (κ3) is 5.91. The fourth-order valence-corrected chi connectivity index (χ4v) is 1.69. The van der Waals surface area contributed by atoms with E-state index in [4.69, 9.17) is 5.41 Å². The highest BCUT2D eigenvalue weighted by Crippen LogP contribution is 2.04. The second-order valence-electron chi connectivity index (χ2n) is 4.21. The molecule has 0 spiro atoms. The van der Waals surface area contributed by atoms with Gasteiger partial charge >= 0.3 is 5.97 Å². The van der Waals surface area contributed by atoms with Crippen molar-refractivity contribution in [3.8, 4) is 0 Å². The zero-order valence-corrected chi connectivity index (χ0v) is 12.3. The zero-order chi connectivity index (χ0) is 15.9. The molecule has 0 saturated heterocycles. The number of esters is 1. The molecule has 2 atom stereocenters. The summed E-state index contributed by atoms with van der Waals surface area (Å²) in [6.07, 6.45) is 1.32. The first kappa shape index (κ1) is 18.2. The normalized spacial score (nSPS) is 13.9. The second-order valence-corrected chi connectivity index (χ2v) is 6.57. The number of methoxy groups -OCH3 is 1. The van der Waals surface area contributed by atoms with Crippen molar-refractivity contribution in [1.29, 1.82) is 5.41 Å². The molecule has 0 saturated carbocycles. The molecule has 1 amide bonds. The predicted octanol–water partition coefficient (Wildman–Crippen LogP) is -0.924. The summed E-state index contributed by atoms with van der Waals surface area (Å²) in [5.74, 6) is -2.13. The quantitative estimate of drug-likeness (QED) is 0.440. The van der Waals surface area contributed by atoms with E-state index in [1.807, 2.05) is 0 Å². The van der Waals surface area contributed by atoms with Crippen LogP contribution >= 0.6 is 0 Å². The minimum atomic E-state index is -3.58. The molecule has 0 rings (SSSR count). The number of Topliss-reactive ketones (excluding diaryl/α,β-unsaturated/α-hetero) is 1. The van der Waals surface area contributed by atoms with Gasteiger partial charge in [0.2, 0.25) is 5.91 Å². The van der Waals surface area contributed by atoms with Crippen LogP contribution in [0.1, 0.15) is 19.8 Å². The minimum absolute atomic E-state index is 0.0664. The van der Waals surface area contributed by atoms with Crippen molar-refractivity contribution in [3.05, 3.63) is 0 Å². The molecule has 0 unspecified atom stereocenters. The number of hydrogen-bond acceptors (Lipinski definition) is 7. The molecule has 0 heterocycles. The Kier molecular flexibility index (Phi) is 7.05. The van der Waals surface area contributed by atoms with E-state index in [9.17, 15) is 22.8 Å². The highest BCUT2D eigenvalue weighted by molar-refractivity contribution is 7.92. The van der Waals surface area contributed by atoms with Gasteiger partial charge < -0.3 is 15.5 Å². The summed E-state index contributed by atoms with van der Waals surface area (Å²) in [6, 6.07) is -1.12. The number of ether oxygens (including phenoxy) is 1. The van der Waals surface area contributed by atoms with Gasteiger partial charge in [0.25, 0.3) is 0 Å². The molecule has 0 aromatic rings. The number of amides is 1. The van der Waals surface area contributed by atoms with E-state index in [1.54, 1.807) is 0 Å². The first-order valence-electron chi connectivity index (χ1n) is 5.73. The Morgan fingerprint density at radius 2 is 1.90 bits per heavy atom. The number of hydrogen-bond donors (Lipinski definition) is 2. The molecule has 0 radical (unpaired) electrons. The standard InChI is InChI=1S/C11H18N2O6S/c1-7(20(3,17)18)10(15)13-9(11(16)19-2)5-4-8(14)6-12/h6-7,9,12H,4-5H2,1-3H3,(H,13,15)/t7-,9-/m0/s1. The monoisotopic (exact) mass is 306 g/mol. The molecule has 114 valence electrons. The van der Waals surface area contributed by atoms with Crippen molar-refractivity contribution in [2.75, 3.05) is 13.4 Å². The number of carbonyl (C=O) groups excluding carboxylic acids is 3. The summed E-state index contributed by atoms with van der Waals surface area (Å²) >= 11 is 0. The molecular formula is C11H18N2O6S. The maximum Gasteiger partial charge on any atom is 0.328 e. The summed E-state index contributed by atoms with van der Waals surface area (Å²) in [5.41, 5.74) is 0. The maximum absolute atomic E-state index is 11.7. The van der Waals surface area contributed by atoms with Crippen LogP contribution in [0.15, 0.2) is 0 Å². The maximum atomic E-state index is 11.7. The Morgan fingerprint density at radius 3 is 2.30 bits per heavy atom. The van der Waals surface area contributed by atoms with Gasteiger partial charge in [0, 0.05) is 12.7 Å². The van der Waals surface area contributed by atoms with Gasteiger partial charge in [-0.05, 0) is 13.3 Å². The van der Waals surface area contributed by atoms with Crippen molar-refractivity contribution >= 4 is 33.7 Å². The highest BCUT2D eigenvalue weighted by Gasteiger charge is 2.29. The Morgan fingerprint density at radius 1 is 1.35 bits per heavy atom. The van der Waals surface area contributed by atoms with E-state index < -0.39 is 38.8 Å². The number of sulfone groups is 1. The Bertz CT molecular complexity index is 499. The lowest BCUT2D eigenvalue weighted by molar-refractivity contribution is -0.145. The van der Waals surface area contributed by atoms with Crippen molar-refractivity contribution in [1.82, 2.24) is 5.32 Å². The number of carbonyl (C=O) groups is 3. The Hall–Kier alpha value is -1.77. The summed E-state index contributed by atoms with van der Waals surface area (Å²) in [5, 5.41) is 7.66. The zero-order valence-electron chi connectivity index (χ0n) is 11.5. The molecule has 0 aromatic carbocycles. The van der Waals surface area contributed by atoms with E-state index in [0.717, 1.165) is 13.4 Å². The van der Waals surface area contributed by atoms with Gasteiger partial charge in [-0.3, -0.25) is 9.59 Å². The van der Waals surface area contributed by atoms with Crippen LogP contribution in [0.5, 0.6) is 0 Å². The summed E-state index contributed by atoms with van der Waals surface area (Å²) in [6.45, 7) is 1.20. The van der Waals surface area contributed by atoms with Gasteiger partial charge in [-0.2, -0.15) is 0 Å². The van der Waals surface area contributed by atoms with E-state index in [0.29, 0.717) is 6.21 Å². The van der Waals surface area contributed by atoms with E-state index in [-0.39, 0.29) is 12.8 Å². The predicted molar refractivity (Wildman–Crippen MR) is 71.3 cm³/mol. The SMILES string of the molecule is COC(=O)[C@H](CCC(=O)C=N)NC(=O)[C@H](C)S(C)(=O)=O. The van der Waals surface area contributed by atoms with E-state index in [1.165, 1.54) is 6.92 Å². The van der Waals surface area contributed by atoms with Gasteiger partial charge in [0.05, 0.1) is 13.3 Å². The molecule has 0 aliphatic carbocycles. The number of nitrogens with one attached hydrogen (secondary N) is 2. The minimum Gasteiger partial charge on any atom is -0.467 e. The lowest BCUT2D eigenvalue weighted by Gasteiger charge is -2.18. The molecule has 8 nitrogen and oxygen atoms in total. The largest absolute Gasteiger partial charge is 0.467 e. The first-order valence-corrected chi connectivity index (χ1v) is 7.69. The van der Waals surface area contributed by atoms with Crippen molar-refractivity contribution in [3.63, 3.8) is 0 Å². The smallest absolute Gasteiger partial charge is 0.328 e. The molecule has 0 aliphatic rings. The van der Waals surface area contributed by atoms with Gasteiger partial charge in [-0.1, -0.05) is 0 Å². The molecule has 0 aliphatic heterocycles. The van der Waals surface area contributed by atoms with Crippen LogP contribution in [0, 0.1) is 5.41 Å². The fraction of sp³-hybridized carbons (Fsp3) is 0.636. The average Bonchev–Trinajstić information content (AvgIpc) is 2.39. The second kappa shape index (κ2) is 7.73. The van der Waals surface area contributed by atoms with Crippen molar-refractivity contribution < 1.29 is 27.5 Å². The van der Waals surface area contributed by atoms with Crippen LogP contribution < -0.4 is 5.32 Å². The van der Waals surface area contributed by atoms with Crippen LogP contribution in [0.4, 0.5) is 0 Å². The molecule has 0 bridgehead atoms. The van der Waals surface area contributed by atoms with Crippen molar-refractivity contribution in [2.24, 2.45) is 0 Å². The lowest BCUT2D eigenvalue weighted by atomic mass is 10.1. The highest BCUT2D eigenvalue weighted by atomic mass is 32.2. The topological polar surface area (TPSA) is 130 Å². The van der Waals surface area contributed by atoms with Gasteiger partial charge in [0.1, 0.15) is 11.3 Å². The summed E-state index contributed by atoms with van der Waals surface area (Å²) in [7, 11) is -2.47. The fourth-order valence-electron chi connectivity index (χ4n) is 1.23. The lowest BCUT2D eigenvalue weighted by Crippen LogP contribution is -2.47. The average molecular weight is 306 g/mol. The summed E-state index contributed by atoms with van der Waals surface area (Å²) in [4.78, 5) is 34.2. The number of ketones is 1. The molecule has 9 heteroatoms. The Balaban J connectivity index is 4.82. The van der Waals surface area contributed by atoms with Crippen LogP contribution in [0.25, 0.3) is 0 Å². The van der Waals surface area contributed by atoms with Crippen LogP contribution in [0.3, 0.4) is 0 Å². The van der Waals surface area contributed by atoms with Gasteiger partial charge in [0.15, 0.2) is 15.6 Å². The molecule has 0 fully saturated rings. The van der Waals surface area contributed by atoms with E-state index in [2.05, 4.69) is 10.1 Å². The van der Waals surface area contributed by atoms with Crippen LogP contribution in [-0.2, 0) is 29.0 Å². The van der Waals surface area contributed by atoms with Gasteiger partial charge in [-0.25, -0.2) is 13.2 Å². The van der Waals surface area contributed by atoms with E-state index >= 15 is 0 Å². The molecule has 0 aromatic heterocycles. The third-order valence-electron chi connectivity index (χ3n) is 2.65. The Labute approximate surface area is 117 Å².